The molecule has 1 aromatic rings. The fourth-order valence-corrected chi connectivity index (χ4v) is 1.77. The largest absolute Gasteiger partial charge is 0.387 e. The number of nitrogens with one attached hydrogen (secondary N) is 2. The second-order valence-corrected chi connectivity index (χ2v) is 4.34. The zero-order chi connectivity index (χ0) is 12.7. The second-order valence-electron chi connectivity index (χ2n) is 3.90. The Hall–Kier alpha value is -1.22. The van der Waals surface area contributed by atoms with E-state index < -0.39 is 0 Å². The summed E-state index contributed by atoms with van der Waals surface area (Å²) in [5.41, 5.74) is 1.39. The molecule has 17 heavy (non-hydrogen) atoms. The van der Waals surface area contributed by atoms with Gasteiger partial charge in [0.1, 0.15) is 0 Å². The van der Waals surface area contributed by atoms with Gasteiger partial charge in [0.15, 0.2) is 0 Å². The van der Waals surface area contributed by atoms with E-state index in [2.05, 4.69) is 17.6 Å². The molecule has 0 aliphatic carbocycles. The van der Waals surface area contributed by atoms with Gasteiger partial charge < -0.3 is 10.6 Å². The highest BCUT2D eigenvalue weighted by molar-refractivity contribution is 6.31. The summed E-state index contributed by atoms with van der Waals surface area (Å²) in [5.74, 6) is -0.0760. The molecule has 0 unspecified atom stereocenters. The van der Waals surface area contributed by atoms with Crippen molar-refractivity contribution in [1.29, 1.82) is 0 Å². The van der Waals surface area contributed by atoms with Crippen molar-refractivity contribution in [3.63, 3.8) is 0 Å². The van der Waals surface area contributed by atoms with Crippen molar-refractivity contribution in [2.45, 2.75) is 26.2 Å². The molecule has 0 aromatic heterocycles. The first-order valence-electron chi connectivity index (χ1n) is 5.94. The molecule has 3 nitrogen and oxygen atoms in total. The maximum absolute atomic E-state index is 11.9. The fraction of sp³-hybridized carbons (Fsp3) is 0.462. The van der Waals surface area contributed by atoms with E-state index in [1.54, 1.807) is 19.2 Å². The number of rotatable bonds is 6. The van der Waals surface area contributed by atoms with E-state index in [1.807, 2.05) is 6.07 Å². The van der Waals surface area contributed by atoms with Gasteiger partial charge in [-0.1, -0.05) is 31.4 Å². The lowest BCUT2D eigenvalue weighted by atomic mass is 10.1. The highest BCUT2D eigenvalue weighted by atomic mass is 35.5. The van der Waals surface area contributed by atoms with Crippen molar-refractivity contribution in [1.82, 2.24) is 5.32 Å². The summed E-state index contributed by atoms with van der Waals surface area (Å²) in [6, 6.07) is 5.26. The molecule has 4 heteroatoms. The van der Waals surface area contributed by atoms with Gasteiger partial charge in [-0.15, -0.1) is 0 Å². The maximum Gasteiger partial charge on any atom is 0.253 e. The lowest BCUT2D eigenvalue weighted by molar-refractivity contribution is 0.0954. The Morgan fingerprint density at radius 2 is 2.12 bits per heavy atom. The molecule has 1 aromatic carbocycles. The lowest BCUT2D eigenvalue weighted by Crippen LogP contribution is -2.25. The number of unbranched alkanes of at least 4 members (excludes halogenated alkanes) is 2. The SMILES string of the molecule is CCCCCNC(=O)c1cc(Cl)ccc1NC. The highest BCUT2D eigenvalue weighted by Crippen LogP contribution is 2.20. The quantitative estimate of drug-likeness (QED) is 0.765. The molecule has 0 saturated carbocycles. The molecule has 0 atom stereocenters. The first-order valence-corrected chi connectivity index (χ1v) is 6.32. The number of benzene rings is 1. The molecule has 1 rings (SSSR count). The molecule has 94 valence electrons. The predicted molar refractivity (Wildman–Crippen MR) is 72.9 cm³/mol. The second kappa shape index (κ2) is 7.17. The van der Waals surface area contributed by atoms with Crippen molar-refractivity contribution in [3.8, 4) is 0 Å². The van der Waals surface area contributed by atoms with Crippen molar-refractivity contribution in [2.24, 2.45) is 0 Å². The fourth-order valence-electron chi connectivity index (χ4n) is 1.59. The van der Waals surface area contributed by atoms with Gasteiger partial charge in [-0.05, 0) is 24.6 Å². The summed E-state index contributed by atoms with van der Waals surface area (Å²) in [5, 5.41) is 6.46. The van der Waals surface area contributed by atoms with Crippen molar-refractivity contribution in [3.05, 3.63) is 28.8 Å². The van der Waals surface area contributed by atoms with Crippen LogP contribution in [0.4, 0.5) is 5.69 Å². The minimum absolute atomic E-state index is 0.0760. The van der Waals surface area contributed by atoms with Gasteiger partial charge in [0.25, 0.3) is 5.91 Å². The highest BCUT2D eigenvalue weighted by Gasteiger charge is 2.10. The van der Waals surface area contributed by atoms with Crippen LogP contribution in [-0.2, 0) is 0 Å². The number of hydrogen-bond donors (Lipinski definition) is 2. The van der Waals surface area contributed by atoms with Gasteiger partial charge in [-0.3, -0.25) is 4.79 Å². The Bertz CT molecular complexity index is 380. The number of anilines is 1. The zero-order valence-electron chi connectivity index (χ0n) is 10.3. The molecule has 0 radical (unpaired) electrons. The molecule has 0 spiro atoms. The van der Waals surface area contributed by atoms with Gasteiger partial charge >= 0.3 is 0 Å². The topological polar surface area (TPSA) is 41.1 Å². The van der Waals surface area contributed by atoms with E-state index in [0.29, 0.717) is 17.1 Å². The third-order valence-electron chi connectivity index (χ3n) is 2.56. The number of hydrogen-bond acceptors (Lipinski definition) is 2. The number of carbonyl (C=O) groups is 1. The van der Waals surface area contributed by atoms with Crippen molar-refractivity contribution >= 4 is 23.2 Å². The van der Waals surface area contributed by atoms with Crippen LogP contribution in [0.25, 0.3) is 0 Å². The van der Waals surface area contributed by atoms with Crippen LogP contribution < -0.4 is 10.6 Å². The van der Waals surface area contributed by atoms with Crippen molar-refractivity contribution in [2.75, 3.05) is 18.9 Å². The molecule has 0 saturated heterocycles. The molecule has 0 aliphatic heterocycles. The summed E-state index contributed by atoms with van der Waals surface area (Å²) >= 11 is 5.89. The molecular weight excluding hydrogens is 236 g/mol. The average molecular weight is 255 g/mol. The van der Waals surface area contributed by atoms with Gasteiger partial charge in [-0.2, -0.15) is 0 Å². The summed E-state index contributed by atoms with van der Waals surface area (Å²) in [7, 11) is 1.79. The molecule has 0 fully saturated rings. The monoisotopic (exact) mass is 254 g/mol. The Balaban J connectivity index is 2.64. The molecule has 0 bridgehead atoms. The van der Waals surface area contributed by atoms with Gasteiger partial charge in [0.2, 0.25) is 0 Å². The normalized spacial score (nSPS) is 10.1. The van der Waals surface area contributed by atoms with Gasteiger partial charge in [0.05, 0.1) is 5.56 Å². The maximum atomic E-state index is 11.9. The summed E-state index contributed by atoms with van der Waals surface area (Å²) in [4.78, 5) is 11.9. The van der Waals surface area contributed by atoms with Crippen LogP contribution in [0.3, 0.4) is 0 Å². The Labute approximate surface area is 108 Å². The van der Waals surface area contributed by atoms with E-state index in [9.17, 15) is 4.79 Å². The molecule has 0 aliphatic rings. The molecular formula is C13H19ClN2O. The van der Waals surface area contributed by atoms with Crippen LogP contribution in [0.5, 0.6) is 0 Å². The van der Waals surface area contributed by atoms with Crippen LogP contribution in [0, 0.1) is 0 Å². The Kier molecular flexibility index (Phi) is 5.84. The smallest absolute Gasteiger partial charge is 0.253 e. The molecule has 0 heterocycles. The summed E-state index contributed by atoms with van der Waals surface area (Å²) < 4.78 is 0. The van der Waals surface area contributed by atoms with Crippen LogP contribution in [-0.4, -0.2) is 19.5 Å². The van der Waals surface area contributed by atoms with Crippen LogP contribution in [0.15, 0.2) is 18.2 Å². The zero-order valence-corrected chi connectivity index (χ0v) is 11.1. The first-order chi connectivity index (χ1) is 8.19. The first kappa shape index (κ1) is 13.8. The molecule has 2 N–H and O–H groups in total. The van der Waals surface area contributed by atoms with Crippen molar-refractivity contribution < 1.29 is 4.79 Å². The van der Waals surface area contributed by atoms with Gasteiger partial charge in [-0.25, -0.2) is 0 Å². The Morgan fingerprint density at radius 1 is 1.35 bits per heavy atom. The van der Waals surface area contributed by atoms with E-state index in [4.69, 9.17) is 11.6 Å². The van der Waals surface area contributed by atoms with E-state index in [-0.39, 0.29) is 5.91 Å². The Morgan fingerprint density at radius 3 is 2.76 bits per heavy atom. The molecule has 1 amide bonds. The minimum atomic E-state index is -0.0760. The number of halogens is 1. The van der Waals surface area contributed by atoms with Gasteiger partial charge in [0, 0.05) is 24.3 Å². The third kappa shape index (κ3) is 4.27. The van der Waals surface area contributed by atoms with Crippen LogP contribution >= 0.6 is 11.6 Å². The average Bonchev–Trinajstić information content (AvgIpc) is 2.34. The number of amides is 1. The van der Waals surface area contributed by atoms with E-state index in [1.165, 1.54) is 0 Å². The predicted octanol–water partition coefficient (Wildman–Crippen LogP) is 3.30. The summed E-state index contributed by atoms with van der Waals surface area (Å²) in [6.45, 7) is 2.85. The summed E-state index contributed by atoms with van der Waals surface area (Å²) in [6.07, 6.45) is 3.29. The third-order valence-corrected chi connectivity index (χ3v) is 2.80. The minimum Gasteiger partial charge on any atom is -0.387 e. The number of carbonyl (C=O) groups excluding carboxylic acids is 1. The van der Waals surface area contributed by atoms with E-state index >= 15 is 0 Å². The van der Waals surface area contributed by atoms with Crippen LogP contribution in [0.1, 0.15) is 36.5 Å². The van der Waals surface area contributed by atoms with E-state index in [0.717, 1.165) is 24.9 Å². The van der Waals surface area contributed by atoms with Crippen LogP contribution in [0.2, 0.25) is 5.02 Å². The lowest BCUT2D eigenvalue weighted by Gasteiger charge is -2.10. The standard InChI is InChI=1S/C13H19ClN2O/c1-3-4-5-8-16-13(17)11-9-10(14)6-7-12(11)15-2/h6-7,9,15H,3-5,8H2,1-2H3,(H,16,17).